The number of carbonyl (C=O) groups is 2. The number of carbonyl (C=O) groups excluding carboxylic acids is 1. The topological polar surface area (TPSA) is 113 Å². The molecule has 22 heavy (non-hydrogen) atoms. The van der Waals surface area contributed by atoms with Crippen molar-refractivity contribution >= 4 is 21.9 Å². The normalized spacial score (nSPS) is 24.1. The highest BCUT2D eigenvalue weighted by molar-refractivity contribution is 7.89. The number of hydrogen-bond donors (Lipinski definition) is 3. The lowest BCUT2D eigenvalue weighted by Gasteiger charge is -2.32. The summed E-state index contributed by atoms with van der Waals surface area (Å²) in [6.45, 7) is 0.550. The lowest BCUT2D eigenvalue weighted by atomic mass is 9.81. The molecule has 3 N–H and O–H groups in total. The predicted molar refractivity (Wildman–Crippen MR) is 76.9 cm³/mol. The summed E-state index contributed by atoms with van der Waals surface area (Å²) in [5.74, 6) is -1.66. The van der Waals surface area contributed by atoms with Crippen LogP contribution in [0.4, 0.5) is 0 Å². The van der Waals surface area contributed by atoms with Gasteiger partial charge in [0.25, 0.3) is 5.91 Å². The molecule has 0 aromatic heterocycles. The van der Waals surface area contributed by atoms with Crippen LogP contribution in [0.25, 0.3) is 0 Å². The average Bonchev–Trinajstić information content (AvgIpc) is 2.42. The maximum Gasteiger partial charge on any atom is 0.306 e. The van der Waals surface area contributed by atoms with Crippen molar-refractivity contribution in [3.63, 3.8) is 0 Å². The number of fused-ring (bicyclic) bond motifs is 1. The minimum atomic E-state index is -3.75. The summed E-state index contributed by atoms with van der Waals surface area (Å²) >= 11 is 0. The number of rotatable bonds is 4. The lowest BCUT2D eigenvalue weighted by molar-refractivity contribution is -0.145. The first-order chi connectivity index (χ1) is 10.4. The molecule has 0 radical (unpaired) electrons. The Bertz CT molecular complexity index is 738. The zero-order valence-electron chi connectivity index (χ0n) is 11.7. The van der Waals surface area contributed by atoms with Crippen LogP contribution in [0, 0.1) is 5.92 Å². The van der Waals surface area contributed by atoms with Crippen molar-refractivity contribution in [2.45, 2.75) is 30.2 Å². The van der Waals surface area contributed by atoms with Crippen LogP contribution in [0.2, 0.25) is 0 Å². The molecule has 1 aliphatic heterocycles. The van der Waals surface area contributed by atoms with Gasteiger partial charge in [0.05, 0.1) is 10.8 Å². The standard InChI is InChI=1S/C14H16N2O5S/c17-13-12-7-11(2-1-8(12)3-4-15-13)22(20,21)16-10-5-9(6-10)14(18)19/h1-2,7,9-10,16H,3-6H2,(H,15,17)(H,18,19). The van der Waals surface area contributed by atoms with E-state index in [2.05, 4.69) is 10.0 Å². The van der Waals surface area contributed by atoms with Crippen molar-refractivity contribution in [1.82, 2.24) is 10.0 Å². The molecular weight excluding hydrogens is 308 g/mol. The number of carboxylic acid groups (broad SMARTS) is 1. The van der Waals surface area contributed by atoms with Gasteiger partial charge in [-0.05, 0) is 37.0 Å². The van der Waals surface area contributed by atoms with E-state index in [0.29, 0.717) is 31.4 Å². The Morgan fingerprint density at radius 2 is 2.05 bits per heavy atom. The highest BCUT2D eigenvalue weighted by Gasteiger charge is 2.37. The van der Waals surface area contributed by atoms with Crippen molar-refractivity contribution in [2.75, 3.05) is 6.54 Å². The maximum absolute atomic E-state index is 12.3. The molecule has 0 spiro atoms. The largest absolute Gasteiger partial charge is 0.481 e. The molecule has 2 aliphatic rings. The summed E-state index contributed by atoms with van der Waals surface area (Å²) in [6.07, 6.45) is 1.26. The van der Waals surface area contributed by atoms with Gasteiger partial charge in [-0.3, -0.25) is 9.59 Å². The lowest BCUT2D eigenvalue weighted by Crippen LogP contribution is -2.46. The Morgan fingerprint density at radius 3 is 2.73 bits per heavy atom. The first kappa shape index (κ1) is 15.0. The number of sulfonamides is 1. The fraction of sp³-hybridized carbons (Fsp3) is 0.429. The van der Waals surface area contributed by atoms with Gasteiger partial charge in [0.1, 0.15) is 0 Å². The van der Waals surface area contributed by atoms with Crippen molar-refractivity contribution in [3.8, 4) is 0 Å². The monoisotopic (exact) mass is 324 g/mol. The number of nitrogens with one attached hydrogen (secondary N) is 2. The summed E-state index contributed by atoms with van der Waals surface area (Å²) < 4.78 is 27.1. The summed E-state index contributed by atoms with van der Waals surface area (Å²) in [4.78, 5) is 22.5. The van der Waals surface area contributed by atoms with E-state index in [1.807, 2.05) is 0 Å². The maximum atomic E-state index is 12.3. The van der Waals surface area contributed by atoms with Gasteiger partial charge in [0.15, 0.2) is 0 Å². The smallest absolute Gasteiger partial charge is 0.306 e. The zero-order chi connectivity index (χ0) is 15.9. The summed E-state index contributed by atoms with van der Waals surface area (Å²) in [7, 11) is -3.75. The van der Waals surface area contributed by atoms with E-state index < -0.39 is 21.9 Å². The second kappa shape index (κ2) is 5.36. The molecule has 1 fully saturated rings. The Kier molecular flexibility index (Phi) is 3.65. The molecule has 0 unspecified atom stereocenters. The molecule has 1 amide bonds. The molecule has 1 heterocycles. The molecule has 1 aliphatic carbocycles. The molecule has 118 valence electrons. The number of carboxylic acids is 1. The van der Waals surface area contributed by atoms with Gasteiger partial charge in [-0.25, -0.2) is 13.1 Å². The van der Waals surface area contributed by atoms with E-state index in [4.69, 9.17) is 5.11 Å². The number of hydrogen-bond acceptors (Lipinski definition) is 4. The van der Waals surface area contributed by atoms with Crippen LogP contribution in [0.3, 0.4) is 0 Å². The molecule has 7 nitrogen and oxygen atoms in total. The third-order valence-corrected chi connectivity index (χ3v) is 5.64. The molecular formula is C14H16N2O5S. The van der Waals surface area contributed by atoms with Crippen molar-refractivity contribution < 1.29 is 23.1 Å². The summed E-state index contributed by atoms with van der Waals surface area (Å²) in [6, 6.07) is 4.15. The van der Waals surface area contributed by atoms with Gasteiger partial charge in [-0.1, -0.05) is 6.07 Å². The number of aliphatic carboxylic acids is 1. The Balaban J connectivity index is 1.77. The Morgan fingerprint density at radius 1 is 1.32 bits per heavy atom. The zero-order valence-corrected chi connectivity index (χ0v) is 12.5. The molecule has 0 bridgehead atoms. The fourth-order valence-corrected chi connectivity index (χ4v) is 4.05. The second-order valence-corrected chi connectivity index (χ2v) is 7.36. The van der Waals surface area contributed by atoms with Crippen molar-refractivity contribution in [2.24, 2.45) is 5.92 Å². The summed E-state index contributed by atoms with van der Waals surface area (Å²) in [5, 5.41) is 11.5. The van der Waals surface area contributed by atoms with E-state index >= 15 is 0 Å². The van der Waals surface area contributed by atoms with Crippen LogP contribution >= 0.6 is 0 Å². The molecule has 8 heteroatoms. The van der Waals surface area contributed by atoms with Crippen LogP contribution in [-0.2, 0) is 21.2 Å². The van der Waals surface area contributed by atoms with E-state index in [0.717, 1.165) is 5.56 Å². The van der Waals surface area contributed by atoms with E-state index in [1.165, 1.54) is 12.1 Å². The molecule has 0 atom stereocenters. The molecule has 1 saturated carbocycles. The minimum Gasteiger partial charge on any atom is -0.481 e. The van der Waals surface area contributed by atoms with Gasteiger partial charge in [0.2, 0.25) is 10.0 Å². The van der Waals surface area contributed by atoms with Crippen LogP contribution in [0.5, 0.6) is 0 Å². The number of amides is 1. The molecule has 1 aromatic carbocycles. The first-order valence-corrected chi connectivity index (χ1v) is 8.51. The van der Waals surface area contributed by atoms with Crippen molar-refractivity contribution in [1.29, 1.82) is 0 Å². The first-order valence-electron chi connectivity index (χ1n) is 7.03. The second-order valence-electron chi connectivity index (χ2n) is 5.65. The third kappa shape index (κ3) is 2.71. The fourth-order valence-electron chi connectivity index (χ4n) is 2.76. The van der Waals surface area contributed by atoms with Crippen LogP contribution in [0.1, 0.15) is 28.8 Å². The minimum absolute atomic E-state index is 0.0297. The van der Waals surface area contributed by atoms with Crippen LogP contribution in [-0.4, -0.2) is 38.0 Å². The Labute approximate surface area is 127 Å². The third-order valence-electron chi connectivity index (χ3n) is 4.13. The van der Waals surface area contributed by atoms with Crippen LogP contribution in [0.15, 0.2) is 23.1 Å². The van der Waals surface area contributed by atoms with Gasteiger partial charge in [0, 0.05) is 18.2 Å². The van der Waals surface area contributed by atoms with Gasteiger partial charge < -0.3 is 10.4 Å². The average molecular weight is 324 g/mol. The molecule has 3 rings (SSSR count). The van der Waals surface area contributed by atoms with Crippen molar-refractivity contribution in [3.05, 3.63) is 29.3 Å². The van der Waals surface area contributed by atoms with Gasteiger partial charge >= 0.3 is 5.97 Å². The quantitative estimate of drug-likeness (QED) is 0.728. The SMILES string of the molecule is O=C1NCCc2ccc(S(=O)(=O)NC3CC(C(=O)O)C3)cc21. The van der Waals surface area contributed by atoms with Crippen LogP contribution < -0.4 is 10.0 Å². The summed E-state index contributed by atoms with van der Waals surface area (Å²) in [5.41, 5.74) is 1.21. The van der Waals surface area contributed by atoms with E-state index in [1.54, 1.807) is 6.07 Å². The molecule has 1 aromatic rings. The van der Waals surface area contributed by atoms with E-state index in [9.17, 15) is 18.0 Å². The van der Waals surface area contributed by atoms with Gasteiger partial charge in [-0.15, -0.1) is 0 Å². The number of benzene rings is 1. The Hall–Kier alpha value is -1.93. The van der Waals surface area contributed by atoms with Gasteiger partial charge in [-0.2, -0.15) is 0 Å². The highest BCUT2D eigenvalue weighted by Crippen LogP contribution is 2.29. The highest BCUT2D eigenvalue weighted by atomic mass is 32.2. The predicted octanol–water partition coefficient (Wildman–Crippen LogP) is 0.114. The molecule has 0 saturated heterocycles. The van der Waals surface area contributed by atoms with E-state index in [-0.39, 0.29) is 16.8 Å².